The number of pyridine rings is 1. The van der Waals surface area contributed by atoms with Crippen LogP contribution in [-0.4, -0.2) is 8.42 Å². The van der Waals surface area contributed by atoms with E-state index in [1.807, 2.05) is 12.1 Å². The molecule has 2 N–H and O–H groups in total. The van der Waals surface area contributed by atoms with Crippen LogP contribution in [0.15, 0.2) is 41.3 Å². The van der Waals surface area contributed by atoms with Gasteiger partial charge >= 0.3 is 0 Å². The number of halogens is 1. The van der Waals surface area contributed by atoms with E-state index in [1.54, 1.807) is 12.1 Å². The summed E-state index contributed by atoms with van der Waals surface area (Å²) in [7, 11) is -6.47. The maximum Gasteiger partial charge on any atom is 0.238 e. The van der Waals surface area contributed by atoms with E-state index in [1.165, 1.54) is 17.0 Å². The molecule has 1 aromatic carbocycles. The lowest BCUT2D eigenvalue weighted by Gasteiger charge is -2.11. The third kappa shape index (κ3) is 7.92. The zero-order valence-electron chi connectivity index (χ0n) is 15.8. The fourth-order valence-electron chi connectivity index (χ4n) is 2.83. The molecule has 0 atom stereocenters. The van der Waals surface area contributed by atoms with Crippen LogP contribution < -0.4 is 23.7 Å². The number of benzene rings is 1. The number of aryl methyl sites for hydroxylation is 3. The molecule has 0 unspecified atom stereocenters. The van der Waals surface area contributed by atoms with Crippen molar-refractivity contribution in [3.05, 3.63) is 58.9 Å². The van der Waals surface area contributed by atoms with Crippen LogP contribution in [0.5, 0.6) is 0 Å². The minimum absolute atomic E-state index is 0.156. The molecular formula is C18H25ClN2O5S. The number of nitrogens with two attached hydrogens (primary N) is 1. The molecule has 0 aliphatic heterocycles. The number of primary sulfonamides is 1. The number of hydrogen-bond acceptors (Lipinski definition) is 5. The van der Waals surface area contributed by atoms with Gasteiger partial charge in [-0.15, -0.1) is 0 Å². The zero-order valence-corrected chi connectivity index (χ0v) is 17.4. The first kappa shape index (κ1) is 23.5. The molecule has 0 saturated heterocycles. The minimum atomic E-state index is -3.62. The predicted octanol–water partition coefficient (Wildman–Crippen LogP) is -0.963. The highest BCUT2D eigenvalue weighted by Gasteiger charge is 2.18. The smallest absolute Gasteiger partial charge is 0.238 e. The third-order valence-electron chi connectivity index (χ3n) is 4.02. The summed E-state index contributed by atoms with van der Waals surface area (Å²) in [5.74, 6) is 0.457. The van der Waals surface area contributed by atoms with Crippen molar-refractivity contribution in [3.8, 4) is 0 Å². The van der Waals surface area contributed by atoms with Crippen molar-refractivity contribution in [1.29, 1.82) is 0 Å². The molecule has 9 heteroatoms. The van der Waals surface area contributed by atoms with Crippen molar-refractivity contribution < 1.29 is 37.7 Å². The Bertz CT molecular complexity index is 850. The molecule has 1 heterocycles. The molecule has 7 nitrogen and oxygen atoms in total. The van der Waals surface area contributed by atoms with Crippen molar-refractivity contribution in [1.82, 2.24) is 0 Å². The maximum atomic E-state index is 11.3. The summed E-state index contributed by atoms with van der Waals surface area (Å²) < 4.78 is 50.1. The highest BCUT2D eigenvalue weighted by atomic mass is 35.6. The number of aromatic nitrogens is 1. The quantitative estimate of drug-likeness (QED) is 0.626. The number of hydrogen-bond donors (Lipinski definition) is 1. The van der Waals surface area contributed by atoms with Crippen LogP contribution in [0.1, 0.15) is 42.3 Å². The Hall–Kier alpha value is -1.55. The lowest BCUT2D eigenvalue weighted by atomic mass is 10.0. The average molecular weight is 417 g/mol. The second-order valence-corrected chi connectivity index (χ2v) is 8.47. The van der Waals surface area contributed by atoms with Gasteiger partial charge in [-0.3, -0.25) is 0 Å². The highest BCUT2D eigenvalue weighted by Crippen LogP contribution is 2.14. The first-order valence-corrected chi connectivity index (χ1v) is 10.7. The Labute approximate surface area is 163 Å². The van der Waals surface area contributed by atoms with Gasteiger partial charge in [-0.25, -0.2) is 13.6 Å². The van der Waals surface area contributed by atoms with E-state index in [4.69, 9.17) is 19.1 Å². The van der Waals surface area contributed by atoms with Gasteiger partial charge in [0, 0.05) is 31.4 Å². The largest absolute Gasteiger partial charge is 0.357 e. The molecule has 2 rings (SSSR count). The summed E-state index contributed by atoms with van der Waals surface area (Å²) in [5, 5.41) is 5.13. The summed E-state index contributed by atoms with van der Waals surface area (Å²) in [4.78, 5) is 0.156. The minimum Gasteiger partial charge on any atom is -0.357 e. The van der Waals surface area contributed by atoms with E-state index in [0.717, 1.165) is 18.5 Å². The van der Waals surface area contributed by atoms with Crippen molar-refractivity contribution in [3.63, 3.8) is 0 Å². The number of sulfonamides is 1. The first-order chi connectivity index (χ1) is 12.4. The molecule has 0 spiro atoms. The van der Waals surface area contributed by atoms with E-state index in [2.05, 4.69) is 44.4 Å². The molecular weight excluding hydrogens is 392 g/mol. The molecule has 150 valence electrons. The average Bonchev–Trinajstić information content (AvgIpc) is 2.52. The third-order valence-corrected chi connectivity index (χ3v) is 4.95. The van der Waals surface area contributed by atoms with Gasteiger partial charge in [-0.05, 0) is 30.2 Å². The summed E-state index contributed by atoms with van der Waals surface area (Å²) in [5.41, 5.74) is 4.94. The van der Waals surface area contributed by atoms with Crippen molar-refractivity contribution in [2.45, 2.75) is 51.5 Å². The zero-order chi connectivity index (χ0) is 20.8. The molecule has 0 saturated carbocycles. The van der Waals surface area contributed by atoms with Crippen molar-refractivity contribution in [2.75, 3.05) is 0 Å². The van der Waals surface area contributed by atoms with Gasteiger partial charge in [-0.1, -0.05) is 26.0 Å². The monoisotopic (exact) mass is 416 g/mol. The molecule has 0 amide bonds. The predicted molar refractivity (Wildman–Crippen MR) is 91.7 cm³/mol. The standard InChI is InChI=1S/C18H25N2O2S.ClO3/c1-13(2)18-12-14(3)11-15(4)20(18)10-9-16-5-7-17(8-6-16)23(19,21)22;2-1(3)4/h5-8,11-13H,9-10H2,1-4H3,(H2,19,21,22);/q+1;-1. The van der Waals surface area contributed by atoms with Crippen LogP contribution in [0.3, 0.4) is 0 Å². The van der Waals surface area contributed by atoms with Crippen LogP contribution in [-0.2, 0) is 23.0 Å². The van der Waals surface area contributed by atoms with Crippen molar-refractivity contribution in [2.24, 2.45) is 5.14 Å². The van der Waals surface area contributed by atoms with Gasteiger partial charge in [0.1, 0.15) is 0 Å². The van der Waals surface area contributed by atoms with Crippen LogP contribution in [0.4, 0.5) is 0 Å². The summed E-state index contributed by atoms with van der Waals surface area (Å²) in [6, 6.07) is 11.2. The Morgan fingerprint density at radius 1 is 1.07 bits per heavy atom. The van der Waals surface area contributed by atoms with E-state index < -0.39 is 20.8 Å². The molecule has 0 fully saturated rings. The van der Waals surface area contributed by atoms with E-state index >= 15 is 0 Å². The Balaban J connectivity index is 0.000000828. The molecule has 27 heavy (non-hydrogen) atoms. The van der Waals surface area contributed by atoms with Crippen molar-refractivity contribution >= 4 is 10.0 Å². The van der Waals surface area contributed by atoms with Gasteiger partial charge in [-0.2, -0.15) is 4.57 Å². The second-order valence-electron chi connectivity index (χ2n) is 6.53. The number of nitrogens with zero attached hydrogens (tertiary/aromatic N) is 1. The lowest BCUT2D eigenvalue weighted by molar-refractivity contribution is -1.73. The summed E-state index contributed by atoms with van der Waals surface area (Å²) in [6.45, 7) is 9.52. The normalized spacial score (nSPS) is 11.5. The Morgan fingerprint density at radius 3 is 2.04 bits per heavy atom. The van der Waals surface area contributed by atoms with Gasteiger partial charge in [0.25, 0.3) is 0 Å². The van der Waals surface area contributed by atoms with Crippen LogP contribution >= 0.6 is 0 Å². The maximum absolute atomic E-state index is 11.3. The molecule has 0 bridgehead atoms. The van der Waals surface area contributed by atoms with Crippen LogP contribution in [0, 0.1) is 24.6 Å². The van der Waals surface area contributed by atoms with E-state index in [9.17, 15) is 8.42 Å². The lowest BCUT2D eigenvalue weighted by Crippen LogP contribution is -2.43. The second kappa shape index (κ2) is 10.1. The molecule has 0 aliphatic rings. The topological polar surface area (TPSA) is 133 Å². The van der Waals surface area contributed by atoms with E-state index in [0.29, 0.717) is 5.92 Å². The Morgan fingerprint density at radius 2 is 1.59 bits per heavy atom. The fraction of sp³-hybridized carbons (Fsp3) is 0.389. The van der Waals surface area contributed by atoms with Crippen LogP contribution in [0.25, 0.3) is 0 Å². The summed E-state index contributed by atoms with van der Waals surface area (Å²) >= 11 is 0. The molecule has 1 aromatic heterocycles. The first-order valence-electron chi connectivity index (χ1n) is 8.27. The SMILES string of the molecule is Cc1cc(C)[n+](CCc2ccc(S(N)(=O)=O)cc2)c(C(C)C)c1.[O-][Cl+2]([O-])[O-]. The van der Waals surface area contributed by atoms with Crippen LogP contribution in [0.2, 0.25) is 0 Å². The fourth-order valence-corrected chi connectivity index (χ4v) is 3.35. The molecule has 0 aliphatic carbocycles. The van der Waals surface area contributed by atoms with Gasteiger partial charge in [0.05, 0.1) is 15.7 Å². The molecule has 0 radical (unpaired) electrons. The Kier molecular flexibility index (Phi) is 8.80. The van der Waals surface area contributed by atoms with Gasteiger partial charge in [0.15, 0.2) is 17.9 Å². The van der Waals surface area contributed by atoms with Gasteiger partial charge in [0.2, 0.25) is 10.0 Å². The number of rotatable bonds is 5. The van der Waals surface area contributed by atoms with Gasteiger partial charge < -0.3 is 14.0 Å². The summed E-state index contributed by atoms with van der Waals surface area (Å²) in [6.07, 6.45) is 0.846. The molecule has 2 aromatic rings. The van der Waals surface area contributed by atoms with E-state index in [-0.39, 0.29) is 4.90 Å². The highest BCUT2D eigenvalue weighted by molar-refractivity contribution is 7.89.